The number of amides is 2. The molecule has 0 bridgehead atoms. The maximum atomic E-state index is 11.6. The van der Waals surface area contributed by atoms with E-state index in [1.807, 2.05) is 0 Å². The molecular weight excluding hydrogens is 358 g/mol. The van der Waals surface area contributed by atoms with Gasteiger partial charge in [0, 0.05) is 19.5 Å². The lowest BCUT2D eigenvalue weighted by Gasteiger charge is -2.19. The van der Waals surface area contributed by atoms with Crippen LogP contribution in [0.1, 0.15) is 33.6 Å². The van der Waals surface area contributed by atoms with Crippen LogP contribution in [0.2, 0.25) is 0 Å². The molecule has 0 aromatic carbocycles. The molecule has 0 spiro atoms. The maximum absolute atomic E-state index is 11.6. The van der Waals surface area contributed by atoms with Crippen LogP contribution in [0.15, 0.2) is 0 Å². The zero-order valence-corrected chi connectivity index (χ0v) is 16.7. The van der Waals surface area contributed by atoms with Gasteiger partial charge in [0.1, 0.15) is 11.6 Å². The molecule has 0 aromatic rings. The van der Waals surface area contributed by atoms with E-state index in [0.29, 0.717) is 39.5 Å². The molecule has 10 heteroatoms. The van der Waals surface area contributed by atoms with E-state index in [2.05, 4.69) is 15.4 Å². The Morgan fingerprint density at radius 2 is 1.52 bits per heavy atom. The Bertz CT molecular complexity index is 452. The molecular formula is C17H33N3O7. The average Bonchev–Trinajstić information content (AvgIpc) is 2.58. The van der Waals surface area contributed by atoms with Crippen molar-refractivity contribution in [1.29, 1.82) is 0 Å². The van der Waals surface area contributed by atoms with E-state index in [1.54, 1.807) is 20.8 Å². The number of hydrogen-bond acceptors (Lipinski definition) is 8. The molecule has 2 amide bonds. The summed E-state index contributed by atoms with van der Waals surface area (Å²) in [5.74, 6) is -0.741. The van der Waals surface area contributed by atoms with Crippen LogP contribution in [0.25, 0.3) is 0 Å². The molecule has 0 radical (unpaired) electrons. The Labute approximate surface area is 160 Å². The molecule has 0 aliphatic carbocycles. The second-order valence-electron chi connectivity index (χ2n) is 6.67. The Morgan fingerprint density at radius 3 is 2.04 bits per heavy atom. The third kappa shape index (κ3) is 16.0. The second kappa shape index (κ2) is 14.2. The van der Waals surface area contributed by atoms with Gasteiger partial charge in [-0.3, -0.25) is 9.59 Å². The van der Waals surface area contributed by atoms with Crippen molar-refractivity contribution in [2.75, 3.05) is 46.6 Å². The van der Waals surface area contributed by atoms with Crippen molar-refractivity contribution in [3.05, 3.63) is 0 Å². The Hall–Kier alpha value is -1.91. The molecule has 0 saturated heterocycles. The van der Waals surface area contributed by atoms with Gasteiger partial charge in [-0.1, -0.05) is 0 Å². The summed E-state index contributed by atoms with van der Waals surface area (Å²) in [6, 6.07) is -0.793. The van der Waals surface area contributed by atoms with E-state index < -0.39 is 23.7 Å². The van der Waals surface area contributed by atoms with Crippen molar-refractivity contribution in [2.45, 2.75) is 45.3 Å². The van der Waals surface area contributed by atoms with Crippen LogP contribution in [0, 0.1) is 0 Å². The van der Waals surface area contributed by atoms with Crippen molar-refractivity contribution >= 4 is 18.0 Å². The molecule has 0 rings (SSSR count). The average molecular weight is 391 g/mol. The lowest BCUT2D eigenvalue weighted by Crippen LogP contribution is -2.34. The fourth-order valence-corrected chi connectivity index (χ4v) is 1.77. The Balaban J connectivity index is 3.44. The van der Waals surface area contributed by atoms with Gasteiger partial charge >= 0.3 is 12.1 Å². The van der Waals surface area contributed by atoms with Gasteiger partial charge in [-0.2, -0.15) is 0 Å². The van der Waals surface area contributed by atoms with Gasteiger partial charge in [0.15, 0.2) is 0 Å². The SMILES string of the molecule is COC(=O)C(N)CCC(=O)NCCOCCOCCNC(=O)OC(C)(C)C. The van der Waals surface area contributed by atoms with Crippen molar-refractivity contribution in [1.82, 2.24) is 10.6 Å². The van der Waals surface area contributed by atoms with Crippen LogP contribution in [0.5, 0.6) is 0 Å². The predicted molar refractivity (Wildman–Crippen MR) is 98.1 cm³/mol. The van der Waals surface area contributed by atoms with Crippen molar-refractivity contribution < 1.29 is 33.3 Å². The Kier molecular flexibility index (Phi) is 13.2. The van der Waals surface area contributed by atoms with Gasteiger partial charge in [0.25, 0.3) is 0 Å². The van der Waals surface area contributed by atoms with E-state index in [0.717, 1.165) is 0 Å². The number of esters is 1. The lowest BCUT2D eigenvalue weighted by molar-refractivity contribution is -0.142. The molecule has 10 nitrogen and oxygen atoms in total. The molecule has 0 aliphatic heterocycles. The maximum Gasteiger partial charge on any atom is 0.407 e. The van der Waals surface area contributed by atoms with Crippen LogP contribution in [0.4, 0.5) is 4.79 Å². The summed E-state index contributed by atoms with van der Waals surface area (Å²) in [4.78, 5) is 34.0. The highest BCUT2D eigenvalue weighted by molar-refractivity contribution is 5.79. The molecule has 0 aliphatic rings. The first kappa shape index (κ1) is 25.1. The fourth-order valence-electron chi connectivity index (χ4n) is 1.77. The van der Waals surface area contributed by atoms with E-state index in [9.17, 15) is 14.4 Å². The topological polar surface area (TPSA) is 138 Å². The van der Waals surface area contributed by atoms with Crippen LogP contribution >= 0.6 is 0 Å². The number of rotatable bonds is 13. The predicted octanol–water partition coefficient (Wildman–Crippen LogP) is -0.0590. The standard InChI is InChI=1S/C17H33N3O7/c1-17(2,3)27-16(23)20-8-10-26-12-11-25-9-7-19-14(21)6-5-13(18)15(22)24-4/h13H,5-12,18H2,1-4H3,(H,19,21)(H,20,23). The van der Waals surface area contributed by atoms with E-state index >= 15 is 0 Å². The summed E-state index contributed by atoms with van der Waals surface area (Å²) in [7, 11) is 1.25. The summed E-state index contributed by atoms with van der Waals surface area (Å²) < 4.78 is 20.2. The van der Waals surface area contributed by atoms with Gasteiger partial charge in [-0.25, -0.2) is 4.79 Å². The second-order valence-corrected chi connectivity index (χ2v) is 6.67. The van der Waals surface area contributed by atoms with Gasteiger partial charge in [-0.15, -0.1) is 0 Å². The van der Waals surface area contributed by atoms with E-state index in [1.165, 1.54) is 7.11 Å². The number of ether oxygens (including phenoxy) is 4. The Morgan fingerprint density at radius 1 is 0.963 bits per heavy atom. The quantitative estimate of drug-likeness (QED) is 0.293. The first-order valence-corrected chi connectivity index (χ1v) is 8.88. The van der Waals surface area contributed by atoms with Crippen molar-refractivity contribution in [3.8, 4) is 0 Å². The molecule has 0 fully saturated rings. The first-order valence-electron chi connectivity index (χ1n) is 8.88. The third-order valence-corrected chi connectivity index (χ3v) is 3.04. The summed E-state index contributed by atoms with van der Waals surface area (Å²) in [6.45, 7) is 7.51. The summed E-state index contributed by atoms with van der Waals surface area (Å²) in [5.41, 5.74) is 5.01. The number of hydrogen-bond donors (Lipinski definition) is 3. The molecule has 0 saturated carbocycles. The fraction of sp³-hybridized carbons (Fsp3) is 0.824. The lowest BCUT2D eigenvalue weighted by atomic mass is 10.1. The van der Waals surface area contributed by atoms with E-state index in [4.69, 9.17) is 19.9 Å². The monoisotopic (exact) mass is 391 g/mol. The van der Waals surface area contributed by atoms with Gasteiger partial charge in [0.2, 0.25) is 5.91 Å². The van der Waals surface area contributed by atoms with Gasteiger partial charge in [-0.05, 0) is 27.2 Å². The normalized spacial score (nSPS) is 12.2. The molecule has 1 atom stereocenters. The number of carbonyl (C=O) groups is 3. The highest BCUT2D eigenvalue weighted by atomic mass is 16.6. The summed E-state index contributed by atoms with van der Waals surface area (Å²) in [6.07, 6.45) is -0.111. The third-order valence-electron chi connectivity index (χ3n) is 3.04. The number of nitrogens with one attached hydrogen (secondary N) is 2. The van der Waals surface area contributed by atoms with Crippen LogP contribution in [-0.2, 0) is 28.5 Å². The molecule has 1 unspecified atom stereocenters. The largest absolute Gasteiger partial charge is 0.468 e. The van der Waals surface area contributed by atoms with Crippen LogP contribution in [0.3, 0.4) is 0 Å². The van der Waals surface area contributed by atoms with Crippen molar-refractivity contribution in [3.63, 3.8) is 0 Å². The first-order chi connectivity index (χ1) is 12.7. The zero-order chi connectivity index (χ0) is 20.7. The smallest absolute Gasteiger partial charge is 0.407 e. The zero-order valence-electron chi connectivity index (χ0n) is 16.7. The minimum absolute atomic E-state index is 0.143. The van der Waals surface area contributed by atoms with E-state index in [-0.39, 0.29) is 18.7 Å². The van der Waals surface area contributed by atoms with Crippen molar-refractivity contribution in [2.24, 2.45) is 5.73 Å². The van der Waals surface area contributed by atoms with Crippen LogP contribution in [-0.4, -0.2) is 76.2 Å². The van der Waals surface area contributed by atoms with Gasteiger partial charge in [0.05, 0.1) is 33.5 Å². The van der Waals surface area contributed by atoms with Gasteiger partial charge < -0.3 is 35.3 Å². The molecule has 27 heavy (non-hydrogen) atoms. The highest BCUT2D eigenvalue weighted by Crippen LogP contribution is 2.06. The molecule has 4 N–H and O–H groups in total. The number of nitrogens with two attached hydrogens (primary N) is 1. The highest BCUT2D eigenvalue weighted by Gasteiger charge is 2.16. The molecule has 0 aromatic heterocycles. The number of carbonyl (C=O) groups excluding carboxylic acids is 3. The van der Waals surface area contributed by atoms with Crippen LogP contribution < -0.4 is 16.4 Å². The minimum atomic E-state index is -0.793. The summed E-state index contributed by atoms with van der Waals surface area (Å²) in [5, 5.41) is 5.24. The molecule has 0 heterocycles. The number of methoxy groups -OCH3 is 1. The minimum Gasteiger partial charge on any atom is -0.468 e. The summed E-state index contributed by atoms with van der Waals surface area (Å²) >= 11 is 0. The molecule has 158 valence electrons. The number of alkyl carbamates (subject to hydrolysis) is 1.